The van der Waals surface area contributed by atoms with E-state index in [0.717, 1.165) is 43.5 Å². The van der Waals surface area contributed by atoms with Gasteiger partial charge in [0.05, 0.1) is 0 Å². The molecule has 1 aromatic heterocycles. The van der Waals surface area contributed by atoms with Crippen LogP contribution in [0.4, 0.5) is 11.8 Å². The van der Waals surface area contributed by atoms with Crippen molar-refractivity contribution in [2.75, 3.05) is 23.7 Å². The highest BCUT2D eigenvalue weighted by Crippen LogP contribution is 2.26. The molecule has 0 spiro atoms. The minimum Gasteiger partial charge on any atom is -0.368 e. The molecule has 1 saturated carbocycles. The SMILES string of the molecule is CCCc1cc(N2CCCC2CNC2CCC2)nc(N)n1. The number of rotatable bonds is 6. The zero-order valence-corrected chi connectivity index (χ0v) is 13.0. The Morgan fingerprint density at radius 2 is 2.14 bits per heavy atom. The molecule has 0 bridgehead atoms. The molecule has 0 aromatic carbocycles. The maximum atomic E-state index is 5.89. The number of nitrogens with two attached hydrogens (primary N) is 1. The fraction of sp³-hybridized carbons (Fsp3) is 0.750. The van der Waals surface area contributed by atoms with Crippen molar-refractivity contribution < 1.29 is 0 Å². The van der Waals surface area contributed by atoms with Gasteiger partial charge in [0, 0.05) is 36.9 Å². The third-order valence-corrected chi connectivity index (χ3v) is 4.71. The van der Waals surface area contributed by atoms with Crippen molar-refractivity contribution in [3.05, 3.63) is 11.8 Å². The molecule has 2 fully saturated rings. The number of hydrogen-bond donors (Lipinski definition) is 2. The second-order valence-corrected chi connectivity index (χ2v) is 6.35. The van der Waals surface area contributed by atoms with Crippen LogP contribution in [-0.4, -0.2) is 35.1 Å². The van der Waals surface area contributed by atoms with E-state index in [2.05, 4.69) is 33.2 Å². The van der Waals surface area contributed by atoms with Crippen LogP contribution in [0.1, 0.15) is 51.1 Å². The summed E-state index contributed by atoms with van der Waals surface area (Å²) in [6.07, 6.45) is 8.61. The molecule has 1 aromatic rings. The summed E-state index contributed by atoms with van der Waals surface area (Å²) in [4.78, 5) is 11.2. The van der Waals surface area contributed by atoms with Crippen LogP contribution < -0.4 is 16.0 Å². The molecule has 3 N–H and O–H groups in total. The minimum atomic E-state index is 0.411. The predicted molar refractivity (Wildman–Crippen MR) is 86.4 cm³/mol. The fourth-order valence-electron chi connectivity index (χ4n) is 3.30. The predicted octanol–water partition coefficient (Wildman–Crippen LogP) is 2.12. The van der Waals surface area contributed by atoms with Gasteiger partial charge >= 0.3 is 0 Å². The summed E-state index contributed by atoms with van der Waals surface area (Å²) in [6.45, 7) is 4.32. The van der Waals surface area contributed by atoms with Gasteiger partial charge in [0.15, 0.2) is 0 Å². The second-order valence-electron chi connectivity index (χ2n) is 6.35. The Morgan fingerprint density at radius 1 is 1.29 bits per heavy atom. The van der Waals surface area contributed by atoms with Gasteiger partial charge in [-0.3, -0.25) is 0 Å². The van der Waals surface area contributed by atoms with Crippen LogP contribution in [0.15, 0.2) is 6.07 Å². The van der Waals surface area contributed by atoms with E-state index in [1.165, 1.54) is 32.1 Å². The molecule has 2 aliphatic rings. The molecule has 116 valence electrons. The molecular formula is C16H27N5. The smallest absolute Gasteiger partial charge is 0.222 e. The van der Waals surface area contributed by atoms with Crippen molar-refractivity contribution in [3.63, 3.8) is 0 Å². The standard InChI is InChI=1S/C16H27N5/c1-2-5-13-10-15(20-16(17)19-13)21-9-4-8-14(21)11-18-12-6-3-7-12/h10,12,14,18H,2-9,11H2,1H3,(H2,17,19,20). The molecule has 1 atom stereocenters. The Morgan fingerprint density at radius 3 is 2.86 bits per heavy atom. The first-order chi connectivity index (χ1) is 10.3. The van der Waals surface area contributed by atoms with Gasteiger partial charge in [0.25, 0.3) is 0 Å². The Labute approximate surface area is 127 Å². The van der Waals surface area contributed by atoms with Crippen LogP contribution >= 0.6 is 0 Å². The van der Waals surface area contributed by atoms with Crippen LogP contribution in [0, 0.1) is 0 Å². The number of aryl methyl sites for hydroxylation is 1. The second kappa shape index (κ2) is 6.60. The first-order valence-corrected chi connectivity index (χ1v) is 8.39. The van der Waals surface area contributed by atoms with Gasteiger partial charge in [-0.15, -0.1) is 0 Å². The first-order valence-electron chi connectivity index (χ1n) is 8.39. The van der Waals surface area contributed by atoms with Gasteiger partial charge in [-0.05, 0) is 32.1 Å². The quantitative estimate of drug-likeness (QED) is 0.839. The number of aromatic nitrogens is 2. The van der Waals surface area contributed by atoms with Gasteiger partial charge in [-0.25, -0.2) is 4.98 Å². The van der Waals surface area contributed by atoms with Gasteiger partial charge in [0.2, 0.25) is 5.95 Å². The van der Waals surface area contributed by atoms with E-state index in [9.17, 15) is 0 Å². The summed E-state index contributed by atoms with van der Waals surface area (Å²) in [7, 11) is 0. The Hall–Kier alpha value is -1.36. The molecule has 3 rings (SSSR count). The maximum absolute atomic E-state index is 5.89. The molecule has 2 heterocycles. The van der Waals surface area contributed by atoms with Gasteiger partial charge < -0.3 is 16.0 Å². The van der Waals surface area contributed by atoms with E-state index in [1.807, 2.05) is 0 Å². The van der Waals surface area contributed by atoms with Crippen molar-refractivity contribution in [1.82, 2.24) is 15.3 Å². The molecule has 1 aliphatic carbocycles. The lowest BCUT2D eigenvalue weighted by Crippen LogP contribution is -2.44. The van der Waals surface area contributed by atoms with Gasteiger partial charge in [0.1, 0.15) is 5.82 Å². The molecule has 1 unspecified atom stereocenters. The number of nitrogen functional groups attached to an aromatic ring is 1. The van der Waals surface area contributed by atoms with Crippen LogP contribution in [0.5, 0.6) is 0 Å². The van der Waals surface area contributed by atoms with E-state index >= 15 is 0 Å². The van der Waals surface area contributed by atoms with Gasteiger partial charge in [-0.1, -0.05) is 19.8 Å². The highest BCUT2D eigenvalue weighted by atomic mass is 15.3. The van der Waals surface area contributed by atoms with Crippen molar-refractivity contribution in [1.29, 1.82) is 0 Å². The van der Waals surface area contributed by atoms with Crippen molar-refractivity contribution in [3.8, 4) is 0 Å². The van der Waals surface area contributed by atoms with Crippen LogP contribution in [0.2, 0.25) is 0 Å². The van der Waals surface area contributed by atoms with Crippen LogP contribution in [-0.2, 0) is 6.42 Å². The Balaban J connectivity index is 1.68. The highest BCUT2D eigenvalue weighted by Gasteiger charge is 2.27. The largest absolute Gasteiger partial charge is 0.368 e. The highest BCUT2D eigenvalue weighted by molar-refractivity contribution is 5.45. The molecule has 0 amide bonds. The number of nitrogens with zero attached hydrogens (tertiary/aromatic N) is 3. The molecule has 1 saturated heterocycles. The molecule has 21 heavy (non-hydrogen) atoms. The first kappa shape index (κ1) is 14.6. The van der Waals surface area contributed by atoms with Crippen LogP contribution in [0.25, 0.3) is 0 Å². The third kappa shape index (κ3) is 3.46. The molecule has 5 nitrogen and oxygen atoms in total. The average molecular weight is 289 g/mol. The minimum absolute atomic E-state index is 0.411. The number of nitrogens with one attached hydrogen (secondary N) is 1. The van der Waals surface area contributed by atoms with E-state index in [-0.39, 0.29) is 0 Å². The fourth-order valence-corrected chi connectivity index (χ4v) is 3.30. The normalized spacial score (nSPS) is 22.5. The van der Waals surface area contributed by atoms with E-state index < -0.39 is 0 Å². The zero-order valence-electron chi connectivity index (χ0n) is 13.0. The van der Waals surface area contributed by atoms with Gasteiger partial charge in [-0.2, -0.15) is 4.98 Å². The summed E-state index contributed by atoms with van der Waals surface area (Å²) < 4.78 is 0. The maximum Gasteiger partial charge on any atom is 0.222 e. The summed E-state index contributed by atoms with van der Waals surface area (Å²) in [6, 6.07) is 3.43. The zero-order chi connectivity index (χ0) is 14.7. The summed E-state index contributed by atoms with van der Waals surface area (Å²) in [5.74, 6) is 1.43. The van der Waals surface area contributed by atoms with E-state index in [4.69, 9.17) is 5.73 Å². The molecule has 5 heteroatoms. The Kier molecular flexibility index (Phi) is 4.58. The summed E-state index contributed by atoms with van der Waals surface area (Å²) in [5.41, 5.74) is 6.96. The van der Waals surface area contributed by atoms with Crippen molar-refractivity contribution >= 4 is 11.8 Å². The lowest BCUT2D eigenvalue weighted by molar-refractivity contribution is 0.331. The van der Waals surface area contributed by atoms with Crippen molar-refractivity contribution in [2.45, 2.75) is 64.0 Å². The monoisotopic (exact) mass is 289 g/mol. The van der Waals surface area contributed by atoms with E-state index in [1.54, 1.807) is 0 Å². The summed E-state index contributed by atoms with van der Waals surface area (Å²) >= 11 is 0. The molecule has 0 radical (unpaired) electrons. The summed E-state index contributed by atoms with van der Waals surface area (Å²) in [5, 5.41) is 3.70. The topological polar surface area (TPSA) is 67.1 Å². The van der Waals surface area contributed by atoms with Crippen LogP contribution in [0.3, 0.4) is 0 Å². The number of hydrogen-bond acceptors (Lipinski definition) is 5. The number of anilines is 2. The lowest BCUT2D eigenvalue weighted by Gasteiger charge is -2.31. The molecular weight excluding hydrogens is 262 g/mol. The third-order valence-electron chi connectivity index (χ3n) is 4.71. The molecule has 1 aliphatic heterocycles. The lowest BCUT2D eigenvalue weighted by atomic mass is 9.93. The average Bonchev–Trinajstić information content (AvgIpc) is 2.85. The Bertz CT molecular complexity index is 472. The van der Waals surface area contributed by atoms with E-state index in [0.29, 0.717) is 12.0 Å². The van der Waals surface area contributed by atoms with Crippen molar-refractivity contribution in [2.24, 2.45) is 0 Å².